The topological polar surface area (TPSA) is 53.9 Å². The number of aromatic amines is 1. The Morgan fingerprint density at radius 3 is 3.05 bits per heavy atom. The summed E-state index contributed by atoms with van der Waals surface area (Å²) >= 11 is 0. The molecule has 1 saturated heterocycles. The standard InChI is InChI=1S/C16H16N4O/c21-16(14-10-17-15-5-2-1-4-13(14)15)19-9-6-12(11-19)20-8-3-7-18-20/h1-5,7-8,10,12,17H,6,9,11H2. The van der Waals surface area contributed by atoms with Gasteiger partial charge in [-0.25, -0.2) is 0 Å². The first-order valence-electron chi connectivity index (χ1n) is 7.17. The van der Waals surface area contributed by atoms with E-state index in [1.165, 1.54) is 0 Å². The molecule has 21 heavy (non-hydrogen) atoms. The number of carbonyl (C=O) groups is 1. The number of nitrogens with zero attached hydrogens (tertiary/aromatic N) is 3. The number of nitrogens with one attached hydrogen (secondary N) is 1. The second kappa shape index (κ2) is 4.77. The summed E-state index contributed by atoms with van der Waals surface area (Å²) in [6, 6.07) is 10.1. The second-order valence-electron chi connectivity index (χ2n) is 5.43. The number of benzene rings is 1. The SMILES string of the molecule is O=C(c1c[nH]c2ccccc12)N1CCC(n2cccn2)C1. The van der Waals surface area contributed by atoms with Gasteiger partial charge in [0.1, 0.15) is 0 Å². The molecule has 4 rings (SSSR count). The minimum atomic E-state index is 0.0992. The monoisotopic (exact) mass is 280 g/mol. The van der Waals surface area contributed by atoms with Crippen molar-refractivity contribution in [3.05, 3.63) is 54.5 Å². The molecule has 1 aromatic carbocycles. The fraction of sp³-hybridized carbons (Fsp3) is 0.250. The van der Waals surface area contributed by atoms with E-state index in [2.05, 4.69) is 10.1 Å². The van der Waals surface area contributed by atoms with Gasteiger partial charge in [-0.1, -0.05) is 18.2 Å². The third kappa shape index (κ3) is 2.01. The van der Waals surface area contributed by atoms with Crippen LogP contribution in [-0.4, -0.2) is 38.7 Å². The second-order valence-corrected chi connectivity index (χ2v) is 5.43. The van der Waals surface area contributed by atoms with Crippen molar-refractivity contribution in [1.29, 1.82) is 0 Å². The lowest BCUT2D eigenvalue weighted by atomic mass is 10.1. The van der Waals surface area contributed by atoms with Crippen molar-refractivity contribution in [2.45, 2.75) is 12.5 Å². The van der Waals surface area contributed by atoms with E-state index in [0.29, 0.717) is 0 Å². The van der Waals surface area contributed by atoms with Crippen LogP contribution in [0.4, 0.5) is 0 Å². The number of likely N-dealkylation sites (tertiary alicyclic amines) is 1. The predicted octanol–water partition coefficient (Wildman–Crippen LogP) is 2.45. The van der Waals surface area contributed by atoms with Crippen molar-refractivity contribution in [2.24, 2.45) is 0 Å². The Labute approximate surface area is 122 Å². The van der Waals surface area contributed by atoms with Gasteiger partial charge in [0.15, 0.2) is 0 Å². The highest BCUT2D eigenvalue weighted by Crippen LogP contribution is 2.25. The lowest BCUT2D eigenvalue weighted by Crippen LogP contribution is -2.29. The largest absolute Gasteiger partial charge is 0.360 e. The average molecular weight is 280 g/mol. The minimum absolute atomic E-state index is 0.0992. The predicted molar refractivity (Wildman–Crippen MR) is 80.1 cm³/mol. The van der Waals surface area contributed by atoms with Gasteiger partial charge in [0.25, 0.3) is 5.91 Å². The molecule has 1 atom stereocenters. The maximum absolute atomic E-state index is 12.7. The molecule has 1 unspecified atom stereocenters. The van der Waals surface area contributed by atoms with Gasteiger partial charge < -0.3 is 9.88 Å². The van der Waals surface area contributed by atoms with E-state index in [1.54, 1.807) is 6.20 Å². The van der Waals surface area contributed by atoms with Crippen molar-refractivity contribution in [2.75, 3.05) is 13.1 Å². The van der Waals surface area contributed by atoms with Crippen LogP contribution in [0.5, 0.6) is 0 Å². The molecule has 1 N–H and O–H groups in total. The quantitative estimate of drug-likeness (QED) is 0.784. The number of rotatable bonds is 2. The summed E-state index contributed by atoms with van der Waals surface area (Å²) in [6.45, 7) is 1.50. The molecular formula is C16H16N4O. The lowest BCUT2D eigenvalue weighted by Gasteiger charge is -2.16. The van der Waals surface area contributed by atoms with Crippen LogP contribution in [-0.2, 0) is 0 Å². The fourth-order valence-electron chi connectivity index (χ4n) is 3.06. The molecule has 1 aliphatic heterocycles. The molecule has 5 nitrogen and oxygen atoms in total. The molecule has 5 heteroatoms. The van der Waals surface area contributed by atoms with Crippen LogP contribution < -0.4 is 0 Å². The number of hydrogen-bond acceptors (Lipinski definition) is 2. The Bertz CT molecular complexity index is 775. The molecule has 106 valence electrons. The Morgan fingerprint density at radius 1 is 1.29 bits per heavy atom. The average Bonchev–Trinajstić information content (AvgIpc) is 3.25. The summed E-state index contributed by atoms with van der Waals surface area (Å²) < 4.78 is 1.95. The molecule has 0 saturated carbocycles. The van der Waals surface area contributed by atoms with Crippen LogP contribution in [0.25, 0.3) is 10.9 Å². The molecule has 3 aromatic rings. The molecule has 2 aromatic heterocycles. The smallest absolute Gasteiger partial charge is 0.256 e. The highest BCUT2D eigenvalue weighted by Gasteiger charge is 2.29. The normalized spacial score (nSPS) is 18.5. The Hall–Kier alpha value is -2.56. The molecule has 0 spiro atoms. The Balaban J connectivity index is 1.58. The van der Waals surface area contributed by atoms with Crippen LogP contribution in [0, 0.1) is 0 Å². The number of hydrogen-bond donors (Lipinski definition) is 1. The first kappa shape index (κ1) is 12.2. The summed E-state index contributed by atoms with van der Waals surface area (Å²) in [6.07, 6.45) is 6.51. The van der Waals surface area contributed by atoms with Crippen LogP contribution in [0.3, 0.4) is 0 Å². The van der Waals surface area contributed by atoms with Gasteiger partial charge in [0.05, 0.1) is 11.6 Å². The van der Waals surface area contributed by atoms with Crippen LogP contribution in [0.2, 0.25) is 0 Å². The molecular weight excluding hydrogens is 264 g/mol. The van der Waals surface area contributed by atoms with Crippen LogP contribution in [0.15, 0.2) is 48.9 Å². The van der Waals surface area contributed by atoms with Crippen molar-refractivity contribution >= 4 is 16.8 Å². The first-order valence-corrected chi connectivity index (χ1v) is 7.17. The van der Waals surface area contributed by atoms with E-state index < -0.39 is 0 Å². The highest BCUT2D eigenvalue weighted by molar-refractivity contribution is 6.06. The molecule has 1 fully saturated rings. The number of aromatic nitrogens is 3. The summed E-state index contributed by atoms with van der Waals surface area (Å²) in [7, 11) is 0. The zero-order valence-electron chi connectivity index (χ0n) is 11.6. The third-order valence-electron chi connectivity index (χ3n) is 4.17. The Morgan fingerprint density at radius 2 is 2.19 bits per heavy atom. The zero-order valence-corrected chi connectivity index (χ0v) is 11.6. The number of carbonyl (C=O) groups excluding carboxylic acids is 1. The summed E-state index contributed by atoms with van der Waals surface area (Å²) in [5, 5.41) is 5.27. The summed E-state index contributed by atoms with van der Waals surface area (Å²) in [5.41, 5.74) is 1.76. The van der Waals surface area contributed by atoms with Gasteiger partial charge in [-0.3, -0.25) is 9.48 Å². The molecule has 1 amide bonds. The minimum Gasteiger partial charge on any atom is -0.360 e. The van der Waals surface area contributed by atoms with Gasteiger partial charge in [-0.2, -0.15) is 5.10 Å². The first-order chi connectivity index (χ1) is 10.3. The van der Waals surface area contributed by atoms with E-state index in [9.17, 15) is 4.79 Å². The van der Waals surface area contributed by atoms with Gasteiger partial charge in [0, 0.05) is 42.6 Å². The van der Waals surface area contributed by atoms with E-state index in [0.717, 1.165) is 36.0 Å². The van der Waals surface area contributed by atoms with Crippen LogP contribution in [0.1, 0.15) is 22.8 Å². The van der Waals surface area contributed by atoms with E-state index >= 15 is 0 Å². The number of fused-ring (bicyclic) bond motifs is 1. The third-order valence-corrected chi connectivity index (χ3v) is 4.17. The molecule has 3 heterocycles. The highest BCUT2D eigenvalue weighted by atomic mass is 16.2. The van der Waals surface area contributed by atoms with Gasteiger partial charge in [-0.15, -0.1) is 0 Å². The van der Waals surface area contributed by atoms with E-state index in [1.807, 2.05) is 52.3 Å². The van der Waals surface area contributed by atoms with Gasteiger partial charge >= 0.3 is 0 Å². The summed E-state index contributed by atoms with van der Waals surface area (Å²) in [4.78, 5) is 17.8. The van der Waals surface area contributed by atoms with E-state index in [4.69, 9.17) is 0 Å². The molecule has 0 radical (unpaired) electrons. The lowest BCUT2D eigenvalue weighted by molar-refractivity contribution is 0.0789. The van der Waals surface area contributed by atoms with Crippen molar-refractivity contribution in [3.63, 3.8) is 0 Å². The molecule has 0 bridgehead atoms. The number of amides is 1. The molecule has 0 aliphatic carbocycles. The summed E-state index contributed by atoms with van der Waals surface area (Å²) in [5.74, 6) is 0.0992. The van der Waals surface area contributed by atoms with Gasteiger partial charge in [0.2, 0.25) is 0 Å². The van der Waals surface area contributed by atoms with Crippen molar-refractivity contribution in [1.82, 2.24) is 19.7 Å². The molecule has 1 aliphatic rings. The van der Waals surface area contributed by atoms with Crippen molar-refractivity contribution < 1.29 is 4.79 Å². The maximum atomic E-state index is 12.7. The number of para-hydroxylation sites is 1. The fourth-order valence-corrected chi connectivity index (χ4v) is 3.06. The van der Waals surface area contributed by atoms with Crippen LogP contribution >= 0.6 is 0 Å². The Kier molecular flexibility index (Phi) is 2.77. The van der Waals surface area contributed by atoms with E-state index in [-0.39, 0.29) is 11.9 Å². The maximum Gasteiger partial charge on any atom is 0.256 e. The van der Waals surface area contributed by atoms with Crippen molar-refractivity contribution in [3.8, 4) is 0 Å². The number of H-pyrrole nitrogens is 1. The van der Waals surface area contributed by atoms with Gasteiger partial charge in [-0.05, 0) is 18.6 Å². The zero-order chi connectivity index (χ0) is 14.2.